The molecule has 10 heavy (non-hydrogen) atoms. The molecule has 0 radical (unpaired) electrons. The van der Waals surface area contributed by atoms with E-state index >= 15 is 0 Å². The molecule has 2 aliphatic rings. The highest BCUT2D eigenvalue weighted by atomic mass is 16.5. The smallest absolute Gasteiger partial charge is 0.165 e. The zero-order valence-electron chi connectivity index (χ0n) is 6.17. The number of ketones is 1. The number of carbonyl (C=O) groups is 1. The highest BCUT2D eigenvalue weighted by molar-refractivity contribution is 5.92. The van der Waals surface area contributed by atoms with Crippen LogP contribution in [0.4, 0.5) is 0 Å². The predicted octanol–water partition coefficient (Wildman–Crippen LogP) is 1.00. The highest BCUT2D eigenvalue weighted by Crippen LogP contribution is 2.45. The Morgan fingerprint density at radius 1 is 1.50 bits per heavy atom. The number of ether oxygens (including phenoxy) is 1. The molecular formula is C8H12O2. The maximum Gasteiger partial charge on any atom is 0.165 e. The van der Waals surface area contributed by atoms with E-state index in [2.05, 4.69) is 0 Å². The fourth-order valence-electron chi connectivity index (χ4n) is 2.30. The normalized spacial score (nSPS) is 44.9. The Balaban J connectivity index is 2.08. The first kappa shape index (κ1) is 6.35. The predicted molar refractivity (Wildman–Crippen MR) is 36.6 cm³/mol. The Morgan fingerprint density at radius 3 is 3.00 bits per heavy atom. The lowest BCUT2D eigenvalue weighted by molar-refractivity contribution is -0.153. The van der Waals surface area contributed by atoms with Crippen LogP contribution >= 0.6 is 0 Å². The van der Waals surface area contributed by atoms with Crippen molar-refractivity contribution in [3.63, 3.8) is 0 Å². The molecule has 0 amide bonds. The molecule has 2 heteroatoms. The topological polar surface area (TPSA) is 26.3 Å². The number of hydrogen-bond donors (Lipinski definition) is 0. The summed E-state index contributed by atoms with van der Waals surface area (Å²) in [6, 6.07) is 0. The van der Waals surface area contributed by atoms with E-state index in [9.17, 15) is 4.79 Å². The number of rotatable bonds is 1. The van der Waals surface area contributed by atoms with E-state index in [0.717, 1.165) is 6.42 Å². The molecule has 0 bridgehead atoms. The molecular weight excluding hydrogens is 128 g/mol. The van der Waals surface area contributed by atoms with E-state index < -0.39 is 0 Å². The maximum absolute atomic E-state index is 11.1. The summed E-state index contributed by atoms with van der Waals surface area (Å²) in [4.78, 5) is 11.1. The van der Waals surface area contributed by atoms with Crippen LogP contribution in [0, 0.1) is 11.8 Å². The zero-order valence-corrected chi connectivity index (χ0v) is 6.17. The van der Waals surface area contributed by atoms with Gasteiger partial charge in [-0.2, -0.15) is 0 Å². The quantitative estimate of drug-likeness (QED) is 0.543. The van der Waals surface area contributed by atoms with Gasteiger partial charge in [-0.05, 0) is 12.8 Å². The van der Waals surface area contributed by atoms with Crippen LogP contribution in [0.3, 0.4) is 0 Å². The van der Waals surface area contributed by atoms with Crippen molar-refractivity contribution in [3.8, 4) is 0 Å². The van der Waals surface area contributed by atoms with Crippen molar-refractivity contribution in [2.75, 3.05) is 7.11 Å². The van der Waals surface area contributed by atoms with Gasteiger partial charge in [0.05, 0.1) is 0 Å². The average Bonchev–Trinajstić information content (AvgIpc) is 2.33. The van der Waals surface area contributed by atoms with Gasteiger partial charge in [0.15, 0.2) is 5.78 Å². The minimum atomic E-state index is -0.0347. The van der Waals surface area contributed by atoms with Crippen LogP contribution in [0.15, 0.2) is 0 Å². The third-order valence-electron chi connectivity index (χ3n) is 2.86. The number of carbonyl (C=O) groups excluding carboxylic acids is 1. The van der Waals surface area contributed by atoms with Gasteiger partial charge in [-0.3, -0.25) is 4.79 Å². The zero-order chi connectivity index (χ0) is 7.14. The van der Waals surface area contributed by atoms with Crippen LogP contribution in [-0.4, -0.2) is 19.0 Å². The van der Waals surface area contributed by atoms with Crippen LogP contribution in [0.2, 0.25) is 0 Å². The minimum Gasteiger partial charge on any atom is -0.373 e. The molecule has 3 unspecified atom stereocenters. The van der Waals surface area contributed by atoms with Crippen molar-refractivity contribution in [3.05, 3.63) is 0 Å². The van der Waals surface area contributed by atoms with Crippen molar-refractivity contribution in [2.45, 2.75) is 25.4 Å². The molecule has 0 aromatic heterocycles. The molecule has 0 aromatic rings. The monoisotopic (exact) mass is 140 g/mol. The Labute approximate surface area is 60.6 Å². The summed E-state index contributed by atoms with van der Waals surface area (Å²) in [6.07, 6.45) is 3.51. The van der Waals surface area contributed by atoms with E-state index in [-0.39, 0.29) is 6.10 Å². The second kappa shape index (κ2) is 2.06. The number of Topliss-reactive ketones (excluding diaryl/α,β-unsaturated/α-hetero) is 1. The maximum atomic E-state index is 11.1. The summed E-state index contributed by atoms with van der Waals surface area (Å²) in [5, 5.41) is 0. The molecule has 0 saturated heterocycles. The van der Waals surface area contributed by atoms with Crippen molar-refractivity contribution in [2.24, 2.45) is 11.8 Å². The number of hydrogen-bond acceptors (Lipinski definition) is 2. The fourth-order valence-corrected chi connectivity index (χ4v) is 2.30. The highest BCUT2D eigenvalue weighted by Gasteiger charge is 2.51. The molecule has 2 fully saturated rings. The molecule has 2 nitrogen and oxygen atoms in total. The van der Waals surface area contributed by atoms with Crippen LogP contribution in [0.1, 0.15) is 19.3 Å². The van der Waals surface area contributed by atoms with E-state index in [1.807, 2.05) is 0 Å². The second-order valence-corrected chi connectivity index (χ2v) is 3.26. The largest absolute Gasteiger partial charge is 0.373 e. The van der Waals surface area contributed by atoms with Crippen molar-refractivity contribution < 1.29 is 9.53 Å². The molecule has 2 aliphatic carbocycles. The summed E-state index contributed by atoms with van der Waals surface area (Å²) in [6.45, 7) is 0. The van der Waals surface area contributed by atoms with E-state index in [1.165, 1.54) is 12.8 Å². The summed E-state index contributed by atoms with van der Waals surface area (Å²) in [5.74, 6) is 1.31. The standard InChI is InChI=1S/C8H12O2/c1-10-8-6-4-2-3-5(6)7(8)9/h5-6,8H,2-4H2,1H3. The molecule has 0 spiro atoms. The van der Waals surface area contributed by atoms with Gasteiger partial charge in [0.25, 0.3) is 0 Å². The van der Waals surface area contributed by atoms with Gasteiger partial charge in [-0.15, -0.1) is 0 Å². The van der Waals surface area contributed by atoms with E-state index in [1.54, 1.807) is 7.11 Å². The van der Waals surface area contributed by atoms with Crippen molar-refractivity contribution >= 4 is 5.78 Å². The Hall–Kier alpha value is -0.370. The molecule has 3 atom stereocenters. The van der Waals surface area contributed by atoms with Crippen LogP contribution in [0.5, 0.6) is 0 Å². The lowest BCUT2D eigenvalue weighted by atomic mass is 9.72. The van der Waals surface area contributed by atoms with E-state index in [4.69, 9.17) is 4.74 Å². The second-order valence-electron chi connectivity index (χ2n) is 3.26. The Morgan fingerprint density at radius 2 is 2.30 bits per heavy atom. The first-order chi connectivity index (χ1) is 4.84. The van der Waals surface area contributed by atoms with Crippen LogP contribution in [0.25, 0.3) is 0 Å². The summed E-state index contributed by atoms with van der Waals surface area (Å²) >= 11 is 0. The third-order valence-corrected chi connectivity index (χ3v) is 2.86. The molecule has 2 saturated carbocycles. The molecule has 0 heterocycles. The van der Waals surface area contributed by atoms with E-state index in [0.29, 0.717) is 17.6 Å². The molecule has 0 aromatic carbocycles. The van der Waals surface area contributed by atoms with Gasteiger partial charge in [0.1, 0.15) is 6.10 Å². The van der Waals surface area contributed by atoms with Gasteiger partial charge in [-0.1, -0.05) is 6.42 Å². The first-order valence-corrected chi connectivity index (χ1v) is 3.91. The SMILES string of the molecule is COC1C(=O)C2CCCC21. The lowest BCUT2D eigenvalue weighted by Crippen LogP contribution is -2.50. The average molecular weight is 140 g/mol. The first-order valence-electron chi connectivity index (χ1n) is 3.91. The van der Waals surface area contributed by atoms with Crippen molar-refractivity contribution in [1.29, 1.82) is 0 Å². The van der Waals surface area contributed by atoms with Gasteiger partial charge in [0, 0.05) is 18.9 Å². The van der Waals surface area contributed by atoms with Gasteiger partial charge in [-0.25, -0.2) is 0 Å². The lowest BCUT2D eigenvalue weighted by Gasteiger charge is -2.37. The van der Waals surface area contributed by atoms with Crippen LogP contribution in [-0.2, 0) is 9.53 Å². The third kappa shape index (κ3) is 0.601. The van der Waals surface area contributed by atoms with Gasteiger partial charge >= 0.3 is 0 Å². The van der Waals surface area contributed by atoms with Gasteiger partial charge in [0.2, 0.25) is 0 Å². The fraction of sp³-hybridized carbons (Fsp3) is 0.875. The molecule has 56 valence electrons. The number of fused-ring (bicyclic) bond motifs is 1. The molecule has 0 aliphatic heterocycles. The summed E-state index contributed by atoms with van der Waals surface area (Å²) in [7, 11) is 1.64. The van der Waals surface area contributed by atoms with Crippen LogP contribution < -0.4 is 0 Å². The molecule has 2 rings (SSSR count). The molecule has 0 N–H and O–H groups in total. The Bertz CT molecular complexity index is 165. The van der Waals surface area contributed by atoms with Crippen molar-refractivity contribution in [1.82, 2.24) is 0 Å². The van der Waals surface area contributed by atoms with Gasteiger partial charge < -0.3 is 4.74 Å². The Kier molecular flexibility index (Phi) is 1.31. The number of methoxy groups -OCH3 is 1. The minimum absolute atomic E-state index is 0.0347. The summed E-state index contributed by atoms with van der Waals surface area (Å²) in [5.41, 5.74) is 0. The summed E-state index contributed by atoms with van der Waals surface area (Å²) < 4.78 is 5.06.